The number of pyridine rings is 1. The summed E-state index contributed by atoms with van der Waals surface area (Å²) in [5.74, 6) is -0.818. The zero-order chi connectivity index (χ0) is 26.2. The van der Waals surface area contributed by atoms with Crippen LogP contribution in [0.4, 0.5) is 20.3 Å². The molecule has 0 bridgehead atoms. The summed E-state index contributed by atoms with van der Waals surface area (Å²) in [5.41, 5.74) is 0.374. The normalized spacial score (nSPS) is 23.4. The molecule has 12 heteroatoms. The molecule has 0 unspecified atom stereocenters. The molecule has 2 fully saturated rings. The number of halogens is 2. The maximum atomic E-state index is 13.4. The predicted octanol–water partition coefficient (Wildman–Crippen LogP) is 3.24. The number of ether oxygens (including phenoxy) is 1. The van der Waals surface area contributed by atoms with E-state index in [1.165, 1.54) is 6.07 Å². The molecule has 1 aliphatic carbocycles. The minimum atomic E-state index is -2.98. The lowest BCUT2D eigenvalue weighted by molar-refractivity contribution is -0.124. The van der Waals surface area contributed by atoms with Crippen LogP contribution in [0, 0.1) is 11.8 Å². The molecule has 5 rings (SSSR count). The number of carbonyl (C=O) groups excluding carboxylic acids is 3. The molecule has 37 heavy (non-hydrogen) atoms. The molecule has 1 atom stereocenters. The molecule has 1 spiro atoms. The van der Waals surface area contributed by atoms with Gasteiger partial charge in [0.05, 0.1) is 11.1 Å². The van der Waals surface area contributed by atoms with Gasteiger partial charge >= 0.3 is 6.55 Å². The summed E-state index contributed by atoms with van der Waals surface area (Å²) >= 11 is 0. The maximum Gasteiger partial charge on any atom is 0.333 e. The second-order valence-corrected chi connectivity index (χ2v) is 10.2. The topological polar surface area (TPSA) is 127 Å². The quantitative estimate of drug-likeness (QED) is 0.541. The number of fused-ring (bicyclic) bond motifs is 2. The second kappa shape index (κ2) is 10.2. The first-order valence-electron chi connectivity index (χ1n) is 12.6. The summed E-state index contributed by atoms with van der Waals surface area (Å²) in [4.78, 5) is 43.5. The molecule has 0 aromatic carbocycles. The Balaban J connectivity index is 1.36. The highest BCUT2D eigenvalue weighted by atomic mass is 19.3. The van der Waals surface area contributed by atoms with Gasteiger partial charge in [-0.3, -0.25) is 14.4 Å². The van der Waals surface area contributed by atoms with Gasteiger partial charge in [-0.15, -0.1) is 0 Å². The Labute approximate surface area is 212 Å². The fraction of sp³-hybridized carbons (Fsp3) is 0.560. The molecule has 2 aromatic heterocycles. The van der Waals surface area contributed by atoms with Gasteiger partial charge in [-0.05, 0) is 43.6 Å². The van der Waals surface area contributed by atoms with Crippen LogP contribution in [0.5, 0.6) is 0 Å². The highest BCUT2D eigenvalue weighted by Gasteiger charge is 2.48. The second-order valence-electron chi connectivity index (χ2n) is 10.2. The van der Waals surface area contributed by atoms with Crippen LogP contribution in [0.15, 0.2) is 24.5 Å². The Morgan fingerprint density at radius 1 is 1.22 bits per heavy atom. The van der Waals surface area contributed by atoms with Gasteiger partial charge in [0.1, 0.15) is 17.6 Å². The van der Waals surface area contributed by atoms with Crippen LogP contribution in [0.1, 0.15) is 68.0 Å². The number of hydrogen-bond donors (Lipinski definition) is 3. The largest absolute Gasteiger partial charge is 0.381 e. The Morgan fingerprint density at radius 3 is 2.65 bits per heavy atom. The number of nitrogens with one attached hydrogen (secondary N) is 3. The van der Waals surface area contributed by atoms with E-state index in [1.807, 2.05) is 0 Å². The van der Waals surface area contributed by atoms with Crippen molar-refractivity contribution in [2.24, 2.45) is 11.8 Å². The lowest BCUT2D eigenvalue weighted by Gasteiger charge is -2.32. The molecule has 3 amide bonds. The minimum Gasteiger partial charge on any atom is -0.381 e. The predicted molar refractivity (Wildman–Crippen MR) is 129 cm³/mol. The number of aromatic nitrogens is 3. The molecule has 3 aliphatic rings. The van der Waals surface area contributed by atoms with E-state index in [2.05, 4.69) is 33.0 Å². The smallest absolute Gasteiger partial charge is 0.333 e. The highest BCUT2D eigenvalue weighted by Crippen LogP contribution is 2.44. The summed E-state index contributed by atoms with van der Waals surface area (Å²) in [6, 6.07) is 1.85. The Bertz CT molecular complexity index is 1190. The number of anilines is 2. The summed E-state index contributed by atoms with van der Waals surface area (Å²) in [6.45, 7) is 0.122. The van der Waals surface area contributed by atoms with Crippen LogP contribution >= 0.6 is 0 Å². The number of nitrogens with zero attached hydrogens (tertiary/aromatic N) is 3. The van der Waals surface area contributed by atoms with Gasteiger partial charge in [0.2, 0.25) is 11.8 Å². The van der Waals surface area contributed by atoms with Crippen molar-refractivity contribution in [2.75, 3.05) is 23.8 Å². The molecular weight excluding hydrogens is 486 g/mol. The van der Waals surface area contributed by atoms with Gasteiger partial charge in [-0.25, -0.2) is 4.98 Å². The van der Waals surface area contributed by atoms with Crippen LogP contribution in [0.25, 0.3) is 0 Å². The maximum absolute atomic E-state index is 13.4. The fourth-order valence-corrected chi connectivity index (χ4v) is 5.67. The SMILES string of the molecule is C[C@H]1CC[C@H]([C@H](NC(=O)c2ccnn2C(F)F)C(=O)Nc2cc3c(cn2)C2(CCOCC2)C(=O)N3)CC1. The zero-order valence-corrected chi connectivity index (χ0v) is 20.5. The Kier molecular flexibility index (Phi) is 6.93. The minimum absolute atomic E-state index is 0.104. The van der Waals surface area contributed by atoms with Gasteiger partial charge in [-0.1, -0.05) is 19.8 Å². The average molecular weight is 517 g/mol. The van der Waals surface area contributed by atoms with Crippen LogP contribution < -0.4 is 16.0 Å². The lowest BCUT2D eigenvalue weighted by Crippen LogP contribution is -2.49. The number of hydrogen-bond acceptors (Lipinski definition) is 6. The standard InChI is InChI=1S/C25H30F2N6O4/c1-14-2-4-15(5-3-14)20(32-21(34)18-6-9-29-33(18)24(26)27)22(35)31-19-12-17-16(13-28-19)25(23(36)30-17)7-10-37-11-8-25/h6,9,12-15,20,24H,2-5,7-8,10-11H2,1H3,(H,30,36)(H,32,34)(H,28,31,35)/t14-,15-,20-/m0/s1. The molecule has 1 saturated heterocycles. The first kappa shape index (κ1) is 25.2. The van der Waals surface area contributed by atoms with Crippen molar-refractivity contribution < 1.29 is 27.9 Å². The summed E-state index contributed by atoms with van der Waals surface area (Å²) in [6.07, 6.45) is 7.06. The van der Waals surface area contributed by atoms with Gasteiger partial charge in [0.15, 0.2) is 0 Å². The van der Waals surface area contributed by atoms with Crippen molar-refractivity contribution in [2.45, 2.75) is 63.5 Å². The number of alkyl halides is 2. The first-order valence-corrected chi connectivity index (χ1v) is 12.6. The van der Waals surface area contributed by atoms with E-state index in [0.29, 0.717) is 55.2 Å². The van der Waals surface area contributed by atoms with Crippen molar-refractivity contribution in [1.82, 2.24) is 20.1 Å². The van der Waals surface area contributed by atoms with Crippen LogP contribution in [0.2, 0.25) is 0 Å². The van der Waals surface area contributed by atoms with E-state index in [1.54, 1.807) is 12.3 Å². The van der Waals surface area contributed by atoms with E-state index >= 15 is 0 Å². The Morgan fingerprint density at radius 2 is 1.95 bits per heavy atom. The first-order chi connectivity index (χ1) is 17.8. The van der Waals surface area contributed by atoms with E-state index < -0.39 is 29.8 Å². The van der Waals surface area contributed by atoms with Crippen molar-refractivity contribution in [3.63, 3.8) is 0 Å². The lowest BCUT2D eigenvalue weighted by atomic mass is 9.76. The highest BCUT2D eigenvalue weighted by molar-refractivity contribution is 6.07. The molecular formula is C25H30F2N6O4. The summed E-state index contributed by atoms with van der Waals surface area (Å²) in [5, 5.41) is 11.8. The van der Waals surface area contributed by atoms with Crippen LogP contribution in [-0.4, -0.2) is 51.7 Å². The van der Waals surface area contributed by atoms with E-state index in [9.17, 15) is 23.2 Å². The number of carbonyl (C=O) groups is 3. The van der Waals surface area contributed by atoms with Crippen molar-refractivity contribution in [3.8, 4) is 0 Å². The number of amides is 3. The third-order valence-corrected chi connectivity index (χ3v) is 7.89. The van der Waals surface area contributed by atoms with Crippen molar-refractivity contribution >= 4 is 29.2 Å². The summed E-state index contributed by atoms with van der Waals surface area (Å²) in [7, 11) is 0. The average Bonchev–Trinajstić information content (AvgIpc) is 3.47. The van der Waals surface area contributed by atoms with Gasteiger partial charge in [0, 0.05) is 37.2 Å². The molecule has 2 aliphatic heterocycles. The molecule has 2 aromatic rings. The molecule has 10 nitrogen and oxygen atoms in total. The van der Waals surface area contributed by atoms with Crippen LogP contribution in [0.3, 0.4) is 0 Å². The zero-order valence-electron chi connectivity index (χ0n) is 20.5. The number of rotatable bonds is 6. The molecule has 4 heterocycles. The molecule has 0 radical (unpaired) electrons. The molecule has 198 valence electrons. The van der Waals surface area contributed by atoms with E-state index in [0.717, 1.165) is 24.6 Å². The van der Waals surface area contributed by atoms with Gasteiger partial charge in [0.25, 0.3) is 5.91 Å². The summed E-state index contributed by atoms with van der Waals surface area (Å²) < 4.78 is 32.3. The van der Waals surface area contributed by atoms with Crippen LogP contribution in [-0.2, 0) is 19.7 Å². The van der Waals surface area contributed by atoms with E-state index in [-0.39, 0.29) is 23.3 Å². The van der Waals surface area contributed by atoms with Crippen molar-refractivity contribution in [3.05, 3.63) is 35.8 Å². The third kappa shape index (κ3) is 4.81. The van der Waals surface area contributed by atoms with Gasteiger partial charge in [-0.2, -0.15) is 18.6 Å². The third-order valence-electron chi connectivity index (χ3n) is 7.89. The molecule has 1 saturated carbocycles. The Hall–Kier alpha value is -3.41. The van der Waals surface area contributed by atoms with Gasteiger partial charge < -0.3 is 20.7 Å². The van der Waals surface area contributed by atoms with Crippen molar-refractivity contribution in [1.29, 1.82) is 0 Å². The monoisotopic (exact) mass is 516 g/mol. The fourth-order valence-electron chi connectivity index (χ4n) is 5.67. The molecule has 3 N–H and O–H groups in total. The van der Waals surface area contributed by atoms with E-state index in [4.69, 9.17) is 4.74 Å².